The summed E-state index contributed by atoms with van der Waals surface area (Å²) in [6, 6.07) is 10.6. The van der Waals surface area contributed by atoms with Crippen molar-refractivity contribution in [2.45, 2.75) is 26.3 Å². The molecule has 0 atom stereocenters. The minimum absolute atomic E-state index is 0.0488. The van der Waals surface area contributed by atoms with Gasteiger partial charge in [-0.1, -0.05) is 19.1 Å². The van der Waals surface area contributed by atoms with Gasteiger partial charge in [-0.25, -0.2) is 0 Å². The Morgan fingerprint density at radius 3 is 2.52 bits per heavy atom. The van der Waals surface area contributed by atoms with Crippen molar-refractivity contribution < 1.29 is 14.0 Å². The smallest absolute Gasteiger partial charge is 0.291 e. The average molecular weight is 286 g/mol. The molecule has 21 heavy (non-hydrogen) atoms. The second kappa shape index (κ2) is 7.28. The van der Waals surface area contributed by atoms with E-state index in [0.29, 0.717) is 18.7 Å². The van der Waals surface area contributed by atoms with E-state index in [9.17, 15) is 9.59 Å². The van der Waals surface area contributed by atoms with E-state index in [-0.39, 0.29) is 17.6 Å². The molecule has 5 heteroatoms. The summed E-state index contributed by atoms with van der Waals surface area (Å²) in [5, 5.41) is 5.58. The molecule has 2 aromatic rings. The largest absolute Gasteiger partial charge is 0.459 e. The molecule has 0 radical (unpaired) electrons. The monoisotopic (exact) mass is 286 g/mol. The van der Waals surface area contributed by atoms with Crippen molar-refractivity contribution in [2.24, 2.45) is 0 Å². The summed E-state index contributed by atoms with van der Waals surface area (Å²) in [6.45, 7) is 2.46. The van der Waals surface area contributed by atoms with E-state index in [2.05, 4.69) is 10.6 Å². The number of hydrogen-bond acceptors (Lipinski definition) is 3. The molecule has 2 rings (SSSR count). The zero-order chi connectivity index (χ0) is 15.1. The Morgan fingerprint density at radius 2 is 1.90 bits per heavy atom. The molecule has 110 valence electrons. The van der Waals surface area contributed by atoms with Gasteiger partial charge in [-0.3, -0.25) is 9.59 Å². The van der Waals surface area contributed by atoms with Crippen LogP contribution in [-0.4, -0.2) is 11.8 Å². The summed E-state index contributed by atoms with van der Waals surface area (Å²) in [5.41, 5.74) is 1.66. The second-order valence-corrected chi connectivity index (χ2v) is 4.66. The van der Waals surface area contributed by atoms with Crippen LogP contribution in [0.2, 0.25) is 0 Å². The summed E-state index contributed by atoms with van der Waals surface area (Å²) in [5.74, 6) is 0.0302. The van der Waals surface area contributed by atoms with Crippen LogP contribution in [0, 0.1) is 0 Å². The lowest BCUT2D eigenvalue weighted by atomic mass is 10.2. The predicted octanol–water partition coefficient (Wildman–Crippen LogP) is 2.95. The Hall–Kier alpha value is -2.56. The molecule has 1 heterocycles. The molecule has 1 aromatic carbocycles. The number of hydrogen-bond donors (Lipinski definition) is 2. The van der Waals surface area contributed by atoms with Crippen LogP contribution in [0.3, 0.4) is 0 Å². The second-order valence-electron chi connectivity index (χ2n) is 4.66. The zero-order valence-electron chi connectivity index (χ0n) is 11.9. The molecule has 0 saturated carbocycles. The first kappa shape index (κ1) is 14.8. The molecular weight excluding hydrogens is 268 g/mol. The Labute approximate surface area is 123 Å². The van der Waals surface area contributed by atoms with Gasteiger partial charge in [0.15, 0.2) is 5.76 Å². The van der Waals surface area contributed by atoms with Gasteiger partial charge in [-0.05, 0) is 36.2 Å². The number of nitrogens with one attached hydrogen (secondary N) is 2. The van der Waals surface area contributed by atoms with E-state index in [0.717, 1.165) is 12.0 Å². The first-order valence-electron chi connectivity index (χ1n) is 6.89. The fraction of sp³-hybridized carbons (Fsp3) is 0.250. The Balaban J connectivity index is 1.87. The van der Waals surface area contributed by atoms with E-state index >= 15 is 0 Å². The summed E-state index contributed by atoms with van der Waals surface area (Å²) >= 11 is 0. The van der Waals surface area contributed by atoms with Gasteiger partial charge < -0.3 is 15.1 Å². The number of anilines is 1. The van der Waals surface area contributed by atoms with Gasteiger partial charge in [0, 0.05) is 18.7 Å². The maximum absolute atomic E-state index is 11.8. The van der Waals surface area contributed by atoms with E-state index < -0.39 is 0 Å². The van der Waals surface area contributed by atoms with Gasteiger partial charge in [0.05, 0.1) is 6.26 Å². The summed E-state index contributed by atoms with van der Waals surface area (Å²) < 4.78 is 5.02. The minimum atomic E-state index is -0.288. The average Bonchev–Trinajstić information content (AvgIpc) is 3.01. The van der Waals surface area contributed by atoms with Crippen LogP contribution in [0.5, 0.6) is 0 Å². The molecule has 0 bridgehead atoms. The lowest BCUT2D eigenvalue weighted by Crippen LogP contribution is -2.22. The van der Waals surface area contributed by atoms with E-state index in [4.69, 9.17) is 4.42 Å². The van der Waals surface area contributed by atoms with Crippen LogP contribution in [-0.2, 0) is 11.3 Å². The van der Waals surface area contributed by atoms with Gasteiger partial charge >= 0.3 is 0 Å². The molecule has 0 aliphatic carbocycles. The molecule has 2 N–H and O–H groups in total. The van der Waals surface area contributed by atoms with Crippen LogP contribution >= 0.6 is 0 Å². The number of rotatable bonds is 6. The predicted molar refractivity (Wildman–Crippen MR) is 79.9 cm³/mol. The van der Waals surface area contributed by atoms with Gasteiger partial charge in [0.25, 0.3) is 5.91 Å². The van der Waals surface area contributed by atoms with Crippen molar-refractivity contribution in [2.75, 3.05) is 5.32 Å². The fourth-order valence-electron chi connectivity index (χ4n) is 1.82. The number of carbonyl (C=O) groups excluding carboxylic acids is 2. The number of amides is 2. The van der Waals surface area contributed by atoms with Gasteiger partial charge in [-0.2, -0.15) is 0 Å². The van der Waals surface area contributed by atoms with Crippen molar-refractivity contribution in [3.63, 3.8) is 0 Å². The third-order valence-electron chi connectivity index (χ3n) is 2.92. The standard InChI is InChI=1S/C16H18N2O3/c1-2-4-15(19)17-11-12-6-8-13(9-7-12)18-16(20)14-5-3-10-21-14/h3,5-10H,2,4,11H2,1H3,(H,17,19)(H,18,20). The lowest BCUT2D eigenvalue weighted by Gasteiger charge is -2.07. The van der Waals surface area contributed by atoms with Crippen LogP contribution in [0.25, 0.3) is 0 Å². The molecule has 0 spiro atoms. The first-order chi connectivity index (χ1) is 10.2. The third kappa shape index (κ3) is 4.49. The summed E-state index contributed by atoms with van der Waals surface area (Å²) in [7, 11) is 0. The molecule has 0 aliphatic heterocycles. The number of benzene rings is 1. The number of carbonyl (C=O) groups is 2. The Kier molecular flexibility index (Phi) is 5.15. The van der Waals surface area contributed by atoms with E-state index in [1.807, 2.05) is 19.1 Å². The Bertz CT molecular complexity index is 588. The number of furan rings is 1. The van der Waals surface area contributed by atoms with Crippen LogP contribution < -0.4 is 10.6 Å². The van der Waals surface area contributed by atoms with Gasteiger partial charge in [0.1, 0.15) is 0 Å². The van der Waals surface area contributed by atoms with Crippen molar-refractivity contribution >= 4 is 17.5 Å². The molecular formula is C16H18N2O3. The van der Waals surface area contributed by atoms with Gasteiger partial charge in [0.2, 0.25) is 5.91 Å². The van der Waals surface area contributed by atoms with Crippen molar-refractivity contribution in [1.82, 2.24) is 5.32 Å². The molecule has 1 aromatic heterocycles. The van der Waals surface area contributed by atoms with Crippen LogP contribution in [0.4, 0.5) is 5.69 Å². The fourth-order valence-corrected chi connectivity index (χ4v) is 1.82. The topological polar surface area (TPSA) is 71.3 Å². The van der Waals surface area contributed by atoms with E-state index in [1.54, 1.807) is 24.3 Å². The van der Waals surface area contributed by atoms with Crippen LogP contribution in [0.1, 0.15) is 35.9 Å². The van der Waals surface area contributed by atoms with Crippen molar-refractivity contribution in [3.8, 4) is 0 Å². The third-order valence-corrected chi connectivity index (χ3v) is 2.92. The normalized spacial score (nSPS) is 10.1. The highest BCUT2D eigenvalue weighted by atomic mass is 16.3. The zero-order valence-corrected chi connectivity index (χ0v) is 11.9. The molecule has 0 unspecified atom stereocenters. The summed E-state index contributed by atoms with van der Waals surface area (Å²) in [6.07, 6.45) is 2.83. The lowest BCUT2D eigenvalue weighted by molar-refractivity contribution is -0.121. The molecule has 0 fully saturated rings. The maximum Gasteiger partial charge on any atom is 0.291 e. The van der Waals surface area contributed by atoms with Crippen molar-refractivity contribution in [1.29, 1.82) is 0 Å². The van der Waals surface area contributed by atoms with Gasteiger partial charge in [-0.15, -0.1) is 0 Å². The van der Waals surface area contributed by atoms with E-state index in [1.165, 1.54) is 6.26 Å². The Morgan fingerprint density at radius 1 is 1.14 bits per heavy atom. The first-order valence-corrected chi connectivity index (χ1v) is 6.89. The molecule has 5 nitrogen and oxygen atoms in total. The van der Waals surface area contributed by atoms with Crippen LogP contribution in [0.15, 0.2) is 47.1 Å². The SMILES string of the molecule is CCCC(=O)NCc1ccc(NC(=O)c2ccco2)cc1. The highest BCUT2D eigenvalue weighted by Gasteiger charge is 2.08. The molecule has 0 aliphatic rings. The highest BCUT2D eigenvalue weighted by molar-refractivity contribution is 6.02. The molecule has 2 amide bonds. The summed E-state index contributed by atoms with van der Waals surface area (Å²) in [4.78, 5) is 23.2. The minimum Gasteiger partial charge on any atom is -0.459 e. The highest BCUT2D eigenvalue weighted by Crippen LogP contribution is 2.11. The van der Waals surface area contributed by atoms with Crippen molar-refractivity contribution in [3.05, 3.63) is 54.0 Å². The molecule has 0 saturated heterocycles. The quantitative estimate of drug-likeness (QED) is 0.857. The maximum atomic E-state index is 11.8.